The van der Waals surface area contributed by atoms with Crippen LogP contribution in [0.2, 0.25) is 0 Å². The summed E-state index contributed by atoms with van der Waals surface area (Å²) in [6.45, 7) is 4.23. The number of rotatable bonds is 6. The maximum Gasteiger partial charge on any atom is 0.401 e. The number of fused-ring (bicyclic) bond motifs is 2. The molecule has 6 heteroatoms. The molecule has 2 N–H and O–H groups in total. The Morgan fingerprint density at radius 2 is 1.96 bits per heavy atom. The van der Waals surface area contributed by atoms with Crippen molar-refractivity contribution in [1.29, 1.82) is 0 Å². The van der Waals surface area contributed by atoms with E-state index < -0.39 is 12.7 Å². The van der Waals surface area contributed by atoms with Crippen molar-refractivity contribution in [1.82, 2.24) is 15.2 Å². The van der Waals surface area contributed by atoms with E-state index in [1.54, 1.807) is 0 Å². The molecule has 2 heterocycles. The Bertz CT molecular complexity index is 688. The maximum atomic E-state index is 12.2. The minimum atomic E-state index is -4.15. The van der Waals surface area contributed by atoms with Crippen LogP contribution in [0.25, 0.3) is 10.9 Å². The molecule has 0 saturated carbocycles. The van der Waals surface area contributed by atoms with Gasteiger partial charge in [-0.05, 0) is 48.2 Å². The predicted molar refractivity (Wildman–Crippen MR) is 85.4 cm³/mol. The monoisotopic (exact) mass is 325 g/mol. The zero-order valence-corrected chi connectivity index (χ0v) is 13.3. The van der Waals surface area contributed by atoms with Gasteiger partial charge in [0.1, 0.15) is 0 Å². The molecule has 0 amide bonds. The first kappa shape index (κ1) is 16.3. The Morgan fingerprint density at radius 3 is 2.65 bits per heavy atom. The lowest BCUT2D eigenvalue weighted by Crippen LogP contribution is -2.30. The molecule has 0 fully saturated rings. The zero-order valence-electron chi connectivity index (χ0n) is 13.3. The van der Waals surface area contributed by atoms with Gasteiger partial charge in [-0.25, -0.2) is 0 Å². The molecule has 3 nitrogen and oxygen atoms in total. The summed E-state index contributed by atoms with van der Waals surface area (Å²) in [5.74, 6) is 0. The van der Waals surface area contributed by atoms with Crippen LogP contribution in [-0.4, -0.2) is 23.8 Å². The van der Waals surface area contributed by atoms with Gasteiger partial charge in [-0.3, -0.25) is 0 Å². The molecule has 0 atom stereocenters. The van der Waals surface area contributed by atoms with Crippen molar-refractivity contribution in [3.05, 3.63) is 35.0 Å². The summed E-state index contributed by atoms with van der Waals surface area (Å²) >= 11 is 0. The number of nitrogens with one attached hydrogen (secondary N) is 2. The molecule has 1 aromatic carbocycles. The van der Waals surface area contributed by atoms with E-state index in [1.165, 1.54) is 22.0 Å². The molecule has 0 spiro atoms. The molecule has 0 bridgehead atoms. The van der Waals surface area contributed by atoms with Crippen LogP contribution < -0.4 is 10.6 Å². The van der Waals surface area contributed by atoms with E-state index in [-0.39, 0.29) is 0 Å². The zero-order chi connectivity index (χ0) is 16.4. The molecule has 0 radical (unpaired) electrons. The van der Waals surface area contributed by atoms with Crippen molar-refractivity contribution in [2.45, 2.75) is 45.6 Å². The SMILES string of the molecule is CCCn1cc(CCNCC(F)(F)F)c2cc3c(cc21)CNC3. The topological polar surface area (TPSA) is 29.0 Å². The molecule has 1 aliphatic heterocycles. The van der Waals surface area contributed by atoms with Gasteiger partial charge in [-0.1, -0.05) is 6.92 Å². The third kappa shape index (κ3) is 3.70. The molecule has 126 valence electrons. The van der Waals surface area contributed by atoms with Crippen LogP contribution in [0.3, 0.4) is 0 Å². The maximum absolute atomic E-state index is 12.2. The molecule has 2 aromatic rings. The fourth-order valence-corrected chi connectivity index (χ4v) is 3.24. The van der Waals surface area contributed by atoms with E-state index >= 15 is 0 Å². The fraction of sp³-hybridized carbons (Fsp3) is 0.529. The van der Waals surface area contributed by atoms with Crippen LogP contribution in [0, 0.1) is 0 Å². The van der Waals surface area contributed by atoms with Gasteiger partial charge >= 0.3 is 6.18 Å². The second kappa shape index (κ2) is 6.53. The second-order valence-electron chi connectivity index (χ2n) is 6.13. The highest BCUT2D eigenvalue weighted by Crippen LogP contribution is 2.28. The van der Waals surface area contributed by atoms with E-state index in [1.807, 2.05) is 0 Å². The van der Waals surface area contributed by atoms with E-state index in [2.05, 4.69) is 40.5 Å². The van der Waals surface area contributed by atoms with Gasteiger partial charge in [0, 0.05) is 36.7 Å². The second-order valence-corrected chi connectivity index (χ2v) is 6.13. The van der Waals surface area contributed by atoms with E-state index in [0.29, 0.717) is 13.0 Å². The number of alkyl halides is 3. The minimum absolute atomic E-state index is 0.333. The van der Waals surface area contributed by atoms with E-state index in [4.69, 9.17) is 0 Å². The van der Waals surface area contributed by atoms with Crippen molar-refractivity contribution in [2.75, 3.05) is 13.1 Å². The molecule has 0 saturated heterocycles. The number of hydrogen-bond donors (Lipinski definition) is 2. The Labute approximate surface area is 133 Å². The normalized spacial score (nSPS) is 14.6. The van der Waals surface area contributed by atoms with Crippen molar-refractivity contribution >= 4 is 10.9 Å². The van der Waals surface area contributed by atoms with Gasteiger partial charge in [0.25, 0.3) is 0 Å². The molecule has 0 unspecified atom stereocenters. The number of benzene rings is 1. The van der Waals surface area contributed by atoms with Crippen LogP contribution in [0.4, 0.5) is 13.2 Å². The van der Waals surface area contributed by atoms with Crippen molar-refractivity contribution in [3.63, 3.8) is 0 Å². The molecule has 23 heavy (non-hydrogen) atoms. The van der Waals surface area contributed by atoms with Crippen LogP contribution in [0.1, 0.15) is 30.0 Å². The number of aryl methyl sites for hydroxylation is 1. The van der Waals surface area contributed by atoms with Crippen LogP contribution in [0.15, 0.2) is 18.3 Å². The first-order valence-corrected chi connectivity index (χ1v) is 8.09. The third-order valence-corrected chi connectivity index (χ3v) is 4.28. The Morgan fingerprint density at radius 1 is 1.22 bits per heavy atom. The first-order chi connectivity index (χ1) is 11.0. The molecular weight excluding hydrogens is 303 g/mol. The van der Waals surface area contributed by atoms with Gasteiger partial charge in [0.15, 0.2) is 0 Å². The quantitative estimate of drug-likeness (QED) is 0.798. The summed E-state index contributed by atoms with van der Waals surface area (Å²) in [4.78, 5) is 0. The van der Waals surface area contributed by atoms with Crippen LogP contribution in [0.5, 0.6) is 0 Å². The van der Waals surface area contributed by atoms with Crippen molar-refractivity contribution in [2.24, 2.45) is 0 Å². The van der Waals surface area contributed by atoms with Gasteiger partial charge < -0.3 is 15.2 Å². The van der Waals surface area contributed by atoms with Crippen molar-refractivity contribution in [3.8, 4) is 0 Å². The molecule has 1 aromatic heterocycles. The Kier molecular flexibility index (Phi) is 4.64. The van der Waals surface area contributed by atoms with Crippen LogP contribution >= 0.6 is 0 Å². The average Bonchev–Trinajstić information content (AvgIpc) is 3.06. The largest absolute Gasteiger partial charge is 0.401 e. The van der Waals surface area contributed by atoms with Crippen LogP contribution in [-0.2, 0) is 26.1 Å². The summed E-state index contributed by atoms with van der Waals surface area (Å²) in [7, 11) is 0. The average molecular weight is 325 g/mol. The molecule has 3 rings (SSSR count). The van der Waals surface area contributed by atoms with Gasteiger partial charge in [-0.2, -0.15) is 13.2 Å². The van der Waals surface area contributed by atoms with E-state index in [9.17, 15) is 13.2 Å². The number of hydrogen-bond acceptors (Lipinski definition) is 2. The minimum Gasteiger partial charge on any atom is -0.347 e. The highest BCUT2D eigenvalue weighted by molar-refractivity contribution is 5.86. The summed E-state index contributed by atoms with van der Waals surface area (Å²) in [6, 6.07) is 4.43. The summed E-state index contributed by atoms with van der Waals surface area (Å²) in [5, 5.41) is 7.01. The first-order valence-electron chi connectivity index (χ1n) is 8.09. The third-order valence-electron chi connectivity index (χ3n) is 4.28. The lowest BCUT2D eigenvalue weighted by Gasteiger charge is -2.07. The lowest BCUT2D eigenvalue weighted by molar-refractivity contribution is -0.124. The lowest BCUT2D eigenvalue weighted by atomic mass is 10.0. The Hall–Kier alpha value is -1.53. The van der Waals surface area contributed by atoms with E-state index in [0.717, 1.165) is 31.6 Å². The Balaban J connectivity index is 1.81. The summed E-state index contributed by atoms with van der Waals surface area (Å²) in [6.07, 6.45) is -0.408. The van der Waals surface area contributed by atoms with Crippen molar-refractivity contribution < 1.29 is 13.2 Å². The van der Waals surface area contributed by atoms with Gasteiger partial charge in [0.05, 0.1) is 6.54 Å². The number of aromatic nitrogens is 1. The van der Waals surface area contributed by atoms with Gasteiger partial charge in [0.2, 0.25) is 0 Å². The standard InChI is InChI=1S/C17H22F3N3/c1-2-5-23-10-12(3-4-21-11-17(18,19)20)15-6-13-8-22-9-14(13)7-16(15)23/h6-7,10,21-22H,2-5,8-9,11H2,1H3. The number of nitrogens with zero attached hydrogens (tertiary/aromatic N) is 1. The molecule has 0 aliphatic carbocycles. The predicted octanol–water partition coefficient (Wildman–Crippen LogP) is 3.35. The highest BCUT2D eigenvalue weighted by atomic mass is 19.4. The number of halogens is 3. The smallest absolute Gasteiger partial charge is 0.347 e. The molecule has 1 aliphatic rings. The fourth-order valence-electron chi connectivity index (χ4n) is 3.24. The highest BCUT2D eigenvalue weighted by Gasteiger charge is 2.26. The summed E-state index contributed by atoms with van der Waals surface area (Å²) < 4.78 is 38.9. The van der Waals surface area contributed by atoms with Gasteiger partial charge in [-0.15, -0.1) is 0 Å². The summed E-state index contributed by atoms with van der Waals surface area (Å²) in [5.41, 5.74) is 4.95. The molecular formula is C17H22F3N3.